The van der Waals surface area contributed by atoms with Crippen molar-refractivity contribution in [1.82, 2.24) is 0 Å². The lowest BCUT2D eigenvalue weighted by Gasteiger charge is -2.14. The molecule has 0 atom stereocenters. The first kappa shape index (κ1) is 16.8. The predicted octanol–water partition coefficient (Wildman–Crippen LogP) is 7.38. The second-order valence-corrected chi connectivity index (χ2v) is 7.51. The molecule has 0 aliphatic heterocycles. The summed E-state index contributed by atoms with van der Waals surface area (Å²) in [7, 11) is 0. The van der Waals surface area contributed by atoms with E-state index >= 15 is 0 Å². The van der Waals surface area contributed by atoms with Gasteiger partial charge in [0.25, 0.3) is 0 Å². The lowest BCUT2D eigenvalue weighted by atomic mass is 9.90. The standard InChI is InChI=1S/C26H26/c1-4-5-20-16-25-23(21-10-6-18(2)7-11-21)14-15-24(26(25)17-20)22-12-8-19(3)9-13-22/h6-16H,4-5,17H2,1-3H3. The maximum Gasteiger partial charge on any atom is -0.00514 e. The largest absolute Gasteiger partial charge is 0.0652 e. The third-order valence-electron chi connectivity index (χ3n) is 5.41. The maximum atomic E-state index is 2.45. The van der Waals surface area contributed by atoms with Gasteiger partial charge in [0.15, 0.2) is 0 Å². The van der Waals surface area contributed by atoms with E-state index in [1.165, 1.54) is 57.3 Å². The fraction of sp³-hybridized carbons (Fsp3) is 0.231. The van der Waals surface area contributed by atoms with Crippen LogP contribution < -0.4 is 0 Å². The Morgan fingerprint density at radius 1 is 0.692 bits per heavy atom. The molecule has 0 amide bonds. The van der Waals surface area contributed by atoms with Crippen molar-refractivity contribution in [3.05, 3.63) is 88.5 Å². The summed E-state index contributed by atoms with van der Waals surface area (Å²) in [5.74, 6) is 0. The molecule has 0 saturated carbocycles. The Hall–Kier alpha value is -2.60. The quantitative estimate of drug-likeness (QED) is 0.465. The molecule has 3 aromatic rings. The Bertz CT molecular complexity index is 954. The summed E-state index contributed by atoms with van der Waals surface area (Å²) in [5, 5.41) is 0. The third-order valence-corrected chi connectivity index (χ3v) is 5.41. The minimum absolute atomic E-state index is 1.09. The Morgan fingerprint density at radius 3 is 1.81 bits per heavy atom. The van der Waals surface area contributed by atoms with E-state index in [0.717, 1.165) is 6.42 Å². The zero-order valence-corrected chi connectivity index (χ0v) is 16.0. The molecule has 0 bridgehead atoms. The van der Waals surface area contributed by atoms with Gasteiger partial charge in [0.05, 0.1) is 0 Å². The second-order valence-electron chi connectivity index (χ2n) is 7.51. The van der Waals surface area contributed by atoms with Crippen LogP contribution in [0.15, 0.2) is 66.2 Å². The molecule has 130 valence electrons. The summed E-state index contributed by atoms with van der Waals surface area (Å²) in [6.45, 7) is 6.56. The van der Waals surface area contributed by atoms with Gasteiger partial charge >= 0.3 is 0 Å². The molecule has 0 nitrogen and oxygen atoms in total. The van der Waals surface area contributed by atoms with Crippen LogP contribution in [0.25, 0.3) is 28.3 Å². The van der Waals surface area contributed by atoms with Crippen molar-refractivity contribution in [3.8, 4) is 22.3 Å². The van der Waals surface area contributed by atoms with Gasteiger partial charge in [-0.15, -0.1) is 0 Å². The lowest BCUT2D eigenvalue weighted by molar-refractivity contribution is 0.887. The molecule has 0 saturated heterocycles. The highest BCUT2D eigenvalue weighted by atomic mass is 14.2. The summed E-state index contributed by atoms with van der Waals surface area (Å²) in [4.78, 5) is 0. The fourth-order valence-electron chi connectivity index (χ4n) is 3.97. The van der Waals surface area contributed by atoms with Gasteiger partial charge in [-0.05, 0) is 60.1 Å². The summed E-state index contributed by atoms with van der Waals surface area (Å²) >= 11 is 0. The van der Waals surface area contributed by atoms with Crippen LogP contribution in [-0.4, -0.2) is 0 Å². The first-order chi connectivity index (χ1) is 12.7. The normalized spacial score (nSPS) is 12.8. The van der Waals surface area contributed by atoms with Crippen LogP contribution in [0.5, 0.6) is 0 Å². The topological polar surface area (TPSA) is 0 Å². The van der Waals surface area contributed by atoms with Gasteiger partial charge in [0.2, 0.25) is 0 Å². The first-order valence-corrected chi connectivity index (χ1v) is 9.65. The van der Waals surface area contributed by atoms with E-state index < -0.39 is 0 Å². The summed E-state index contributed by atoms with van der Waals surface area (Å²) in [6.07, 6.45) is 5.94. The van der Waals surface area contributed by atoms with Crippen molar-refractivity contribution in [2.75, 3.05) is 0 Å². The van der Waals surface area contributed by atoms with Crippen molar-refractivity contribution in [2.45, 2.75) is 40.0 Å². The van der Waals surface area contributed by atoms with Gasteiger partial charge in [-0.1, -0.05) is 96.8 Å². The Kier molecular flexibility index (Phi) is 4.51. The fourth-order valence-corrected chi connectivity index (χ4v) is 3.97. The molecule has 1 aliphatic carbocycles. The molecular weight excluding hydrogens is 312 g/mol. The molecule has 0 N–H and O–H groups in total. The Morgan fingerprint density at radius 2 is 1.23 bits per heavy atom. The van der Waals surface area contributed by atoms with Gasteiger partial charge < -0.3 is 0 Å². The smallest absolute Gasteiger partial charge is 0.00514 e. The Labute approximate surface area is 157 Å². The highest BCUT2D eigenvalue weighted by Gasteiger charge is 2.20. The molecule has 4 rings (SSSR count). The minimum atomic E-state index is 1.09. The van der Waals surface area contributed by atoms with Gasteiger partial charge in [-0.25, -0.2) is 0 Å². The summed E-state index contributed by atoms with van der Waals surface area (Å²) in [5.41, 5.74) is 12.5. The first-order valence-electron chi connectivity index (χ1n) is 9.65. The van der Waals surface area contributed by atoms with Crippen LogP contribution in [-0.2, 0) is 6.42 Å². The number of rotatable bonds is 4. The zero-order chi connectivity index (χ0) is 18.1. The number of aryl methyl sites for hydroxylation is 2. The van der Waals surface area contributed by atoms with Crippen molar-refractivity contribution in [2.24, 2.45) is 0 Å². The predicted molar refractivity (Wildman–Crippen MR) is 113 cm³/mol. The third kappa shape index (κ3) is 3.12. The van der Waals surface area contributed by atoms with E-state index in [2.05, 4.69) is 87.5 Å². The maximum absolute atomic E-state index is 2.45. The zero-order valence-electron chi connectivity index (χ0n) is 16.0. The molecule has 0 fully saturated rings. The van der Waals surface area contributed by atoms with Crippen LogP contribution in [0.1, 0.15) is 42.0 Å². The van der Waals surface area contributed by atoms with E-state index in [4.69, 9.17) is 0 Å². The number of hydrogen-bond acceptors (Lipinski definition) is 0. The van der Waals surface area contributed by atoms with Crippen molar-refractivity contribution in [1.29, 1.82) is 0 Å². The molecule has 0 heterocycles. The molecular formula is C26H26. The van der Waals surface area contributed by atoms with Crippen LogP contribution >= 0.6 is 0 Å². The Balaban J connectivity index is 1.86. The molecule has 0 spiro atoms. The van der Waals surface area contributed by atoms with Gasteiger partial charge in [0, 0.05) is 0 Å². The van der Waals surface area contributed by atoms with Crippen molar-refractivity contribution >= 4 is 6.08 Å². The highest BCUT2D eigenvalue weighted by Crippen LogP contribution is 2.41. The second kappa shape index (κ2) is 6.96. The average molecular weight is 338 g/mol. The number of hydrogen-bond donors (Lipinski definition) is 0. The molecule has 3 aromatic carbocycles. The molecule has 1 aliphatic rings. The molecule has 0 radical (unpaired) electrons. The van der Waals surface area contributed by atoms with Crippen LogP contribution in [0, 0.1) is 13.8 Å². The molecule has 0 heteroatoms. The summed E-state index contributed by atoms with van der Waals surface area (Å²) in [6, 6.07) is 22.5. The molecule has 0 aromatic heterocycles. The van der Waals surface area contributed by atoms with Crippen molar-refractivity contribution in [3.63, 3.8) is 0 Å². The molecule has 0 unspecified atom stereocenters. The van der Waals surface area contributed by atoms with E-state index in [0.29, 0.717) is 0 Å². The lowest BCUT2D eigenvalue weighted by Crippen LogP contribution is -1.93. The van der Waals surface area contributed by atoms with Gasteiger partial charge in [-0.2, -0.15) is 0 Å². The van der Waals surface area contributed by atoms with Gasteiger partial charge in [-0.3, -0.25) is 0 Å². The van der Waals surface area contributed by atoms with Gasteiger partial charge in [0.1, 0.15) is 0 Å². The van der Waals surface area contributed by atoms with Crippen LogP contribution in [0.4, 0.5) is 0 Å². The highest BCUT2D eigenvalue weighted by molar-refractivity contribution is 5.87. The monoisotopic (exact) mass is 338 g/mol. The summed E-state index contributed by atoms with van der Waals surface area (Å²) < 4.78 is 0. The van der Waals surface area contributed by atoms with E-state index in [1.807, 2.05) is 0 Å². The van der Waals surface area contributed by atoms with E-state index in [1.54, 1.807) is 5.57 Å². The number of benzene rings is 3. The SMILES string of the molecule is CCCC1=Cc2c(-c3ccc(C)cc3)ccc(-c3ccc(C)cc3)c2C1. The minimum Gasteiger partial charge on any atom is -0.0652 e. The van der Waals surface area contributed by atoms with E-state index in [-0.39, 0.29) is 0 Å². The van der Waals surface area contributed by atoms with Crippen LogP contribution in [0.3, 0.4) is 0 Å². The van der Waals surface area contributed by atoms with E-state index in [9.17, 15) is 0 Å². The molecule has 26 heavy (non-hydrogen) atoms. The average Bonchev–Trinajstić information content (AvgIpc) is 3.07. The van der Waals surface area contributed by atoms with Crippen molar-refractivity contribution < 1.29 is 0 Å². The number of allylic oxidation sites excluding steroid dienone is 1. The van der Waals surface area contributed by atoms with Crippen LogP contribution in [0.2, 0.25) is 0 Å². The number of fused-ring (bicyclic) bond motifs is 1.